The van der Waals surface area contributed by atoms with Crippen molar-refractivity contribution in [1.29, 1.82) is 0 Å². The highest BCUT2D eigenvalue weighted by atomic mass is 32.1. The number of nitrogens with one attached hydrogen (secondary N) is 2. The normalized spacial score (nSPS) is 9.40. The molecule has 0 aliphatic carbocycles. The van der Waals surface area contributed by atoms with Crippen LogP contribution in [0.5, 0.6) is 0 Å². The number of hydrogen-bond acceptors (Lipinski definition) is 3. The van der Waals surface area contributed by atoms with Crippen LogP contribution in [0.4, 0.5) is 0 Å². The summed E-state index contributed by atoms with van der Waals surface area (Å²) in [6.45, 7) is 2.49. The Hall–Kier alpha value is -0.840. The molecule has 0 aromatic carbocycles. The minimum absolute atomic E-state index is 0.468. The molecule has 0 aliphatic rings. The van der Waals surface area contributed by atoms with Gasteiger partial charge in [0.05, 0.1) is 6.61 Å². The zero-order chi connectivity index (χ0) is 7.82. The third kappa shape index (κ3) is 5.30. The van der Waals surface area contributed by atoms with Crippen molar-refractivity contribution in [3.8, 4) is 0 Å². The summed E-state index contributed by atoms with van der Waals surface area (Å²) in [6.07, 6.45) is 1.31. The smallest absolute Gasteiger partial charge is 0.192 e. The van der Waals surface area contributed by atoms with Gasteiger partial charge in [-0.1, -0.05) is 0 Å². The molecule has 0 bridgehead atoms. The summed E-state index contributed by atoms with van der Waals surface area (Å²) in [5.74, 6) is 0. The molecule has 10 heavy (non-hydrogen) atoms. The molecule has 0 unspecified atom stereocenters. The second-order valence-electron chi connectivity index (χ2n) is 1.38. The Labute approximate surface area is 65.6 Å². The van der Waals surface area contributed by atoms with Crippen LogP contribution in [0, 0.1) is 0 Å². The quantitative estimate of drug-likeness (QED) is 0.266. The van der Waals surface area contributed by atoms with Crippen LogP contribution in [0.1, 0.15) is 6.92 Å². The molecule has 58 valence electrons. The number of thiocarbonyl (C=S) groups is 1. The fourth-order valence-corrected chi connectivity index (χ4v) is 0.305. The van der Waals surface area contributed by atoms with Crippen LogP contribution in [0.2, 0.25) is 0 Å². The van der Waals surface area contributed by atoms with Gasteiger partial charge in [-0.2, -0.15) is 0 Å². The van der Waals surface area contributed by atoms with Crippen molar-refractivity contribution in [1.82, 2.24) is 10.7 Å². The average Bonchev–Trinajstić information content (AvgIpc) is 1.98. The lowest BCUT2D eigenvalue weighted by Gasteiger charge is -1.98. The minimum atomic E-state index is 0.468. The predicted octanol–water partition coefficient (Wildman–Crippen LogP) is 0.0601. The fraction of sp³-hybridized carbons (Fsp3) is 0.600. The van der Waals surface area contributed by atoms with E-state index in [1.165, 1.54) is 6.40 Å². The maximum Gasteiger partial charge on any atom is 0.192 e. The molecule has 0 aliphatic heterocycles. The SMILES string of the molecule is CCO/C=N/NC(=S)NC. The Morgan fingerprint density at radius 3 is 3.00 bits per heavy atom. The van der Waals surface area contributed by atoms with E-state index in [4.69, 9.17) is 17.0 Å². The largest absolute Gasteiger partial charge is 0.482 e. The molecule has 0 aromatic rings. The minimum Gasteiger partial charge on any atom is -0.482 e. The zero-order valence-electron chi connectivity index (χ0n) is 6.05. The number of rotatable bonds is 3. The summed E-state index contributed by atoms with van der Waals surface area (Å²) >= 11 is 4.71. The Kier molecular flexibility index (Phi) is 5.75. The first-order valence-electron chi connectivity index (χ1n) is 2.92. The first-order valence-corrected chi connectivity index (χ1v) is 3.33. The van der Waals surface area contributed by atoms with Gasteiger partial charge in [0.25, 0.3) is 0 Å². The molecule has 0 atom stereocenters. The molecule has 2 N–H and O–H groups in total. The first-order chi connectivity index (χ1) is 4.81. The number of hydrazone groups is 1. The molecular weight excluding hydrogens is 150 g/mol. The van der Waals surface area contributed by atoms with E-state index in [1.54, 1.807) is 7.05 Å². The van der Waals surface area contributed by atoms with Gasteiger partial charge in [-0.05, 0) is 19.1 Å². The van der Waals surface area contributed by atoms with Crippen LogP contribution in [-0.4, -0.2) is 25.2 Å². The molecule has 0 aromatic heterocycles. The number of hydrogen-bond donors (Lipinski definition) is 2. The van der Waals surface area contributed by atoms with Crippen LogP contribution in [-0.2, 0) is 4.74 Å². The Balaban J connectivity index is 3.25. The molecule has 0 spiro atoms. The topological polar surface area (TPSA) is 45.6 Å². The van der Waals surface area contributed by atoms with Crippen molar-refractivity contribution in [2.75, 3.05) is 13.7 Å². The third-order valence-corrected chi connectivity index (χ3v) is 0.982. The number of nitrogens with zero attached hydrogens (tertiary/aromatic N) is 1. The van der Waals surface area contributed by atoms with E-state index >= 15 is 0 Å². The van der Waals surface area contributed by atoms with Crippen molar-refractivity contribution in [3.05, 3.63) is 0 Å². The molecular formula is C5H11N3OS. The summed E-state index contributed by atoms with van der Waals surface area (Å²) in [6, 6.07) is 0. The van der Waals surface area contributed by atoms with E-state index < -0.39 is 0 Å². The molecule has 5 heteroatoms. The highest BCUT2D eigenvalue weighted by molar-refractivity contribution is 7.80. The molecule has 0 heterocycles. The summed E-state index contributed by atoms with van der Waals surface area (Å²) < 4.78 is 4.79. The highest BCUT2D eigenvalue weighted by Crippen LogP contribution is 1.65. The van der Waals surface area contributed by atoms with Gasteiger partial charge in [0.1, 0.15) is 0 Å². The van der Waals surface area contributed by atoms with Gasteiger partial charge in [-0.15, -0.1) is 5.10 Å². The second kappa shape index (κ2) is 6.28. The van der Waals surface area contributed by atoms with Gasteiger partial charge >= 0.3 is 0 Å². The van der Waals surface area contributed by atoms with Crippen LogP contribution < -0.4 is 10.7 Å². The predicted molar refractivity (Wildman–Crippen MR) is 44.9 cm³/mol. The fourth-order valence-electron chi connectivity index (χ4n) is 0.253. The Morgan fingerprint density at radius 1 is 1.80 bits per heavy atom. The van der Waals surface area contributed by atoms with Gasteiger partial charge in [-0.25, -0.2) is 0 Å². The molecule has 0 saturated heterocycles. The van der Waals surface area contributed by atoms with Crippen molar-refractivity contribution in [2.24, 2.45) is 5.10 Å². The maximum atomic E-state index is 4.79. The van der Waals surface area contributed by atoms with Crippen molar-refractivity contribution in [3.63, 3.8) is 0 Å². The Bertz CT molecular complexity index is 126. The molecule has 4 nitrogen and oxygen atoms in total. The van der Waals surface area contributed by atoms with Crippen LogP contribution in [0.15, 0.2) is 5.10 Å². The molecule has 0 amide bonds. The molecule has 0 radical (unpaired) electrons. The standard InChI is InChI=1S/C5H11N3OS/c1-3-9-4-7-8-5(10)6-2/h4H,3H2,1-2H3,(H2,6,8,10)/b7-4+. The van der Waals surface area contributed by atoms with Gasteiger partial charge in [-0.3, -0.25) is 5.43 Å². The lowest BCUT2D eigenvalue weighted by Crippen LogP contribution is -2.28. The van der Waals surface area contributed by atoms with E-state index in [0.717, 1.165) is 0 Å². The molecule has 0 rings (SSSR count). The molecule has 0 saturated carbocycles. The monoisotopic (exact) mass is 161 g/mol. The average molecular weight is 161 g/mol. The van der Waals surface area contributed by atoms with Crippen molar-refractivity contribution in [2.45, 2.75) is 6.92 Å². The zero-order valence-corrected chi connectivity index (χ0v) is 6.86. The van der Waals surface area contributed by atoms with E-state index in [9.17, 15) is 0 Å². The van der Waals surface area contributed by atoms with Crippen molar-refractivity contribution >= 4 is 23.7 Å². The third-order valence-electron chi connectivity index (χ3n) is 0.687. The molecule has 0 fully saturated rings. The lowest BCUT2D eigenvalue weighted by atomic mass is 10.9. The summed E-state index contributed by atoms with van der Waals surface area (Å²) in [7, 11) is 1.71. The summed E-state index contributed by atoms with van der Waals surface area (Å²) in [5.41, 5.74) is 2.53. The summed E-state index contributed by atoms with van der Waals surface area (Å²) in [4.78, 5) is 0. The van der Waals surface area contributed by atoms with E-state index in [-0.39, 0.29) is 0 Å². The van der Waals surface area contributed by atoms with Gasteiger partial charge < -0.3 is 10.1 Å². The second-order valence-corrected chi connectivity index (χ2v) is 1.79. The first kappa shape index (κ1) is 9.16. The Morgan fingerprint density at radius 2 is 2.50 bits per heavy atom. The lowest BCUT2D eigenvalue weighted by molar-refractivity contribution is 0.341. The van der Waals surface area contributed by atoms with E-state index in [2.05, 4.69) is 15.8 Å². The van der Waals surface area contributed by atoms with Gasteiger partial charge in [0, 0.05) is 7.05 Å². The van der Waals surface area contributed by atoms with Gasteiger partial charge in [0.2, 0.25) is 0 Å². The van der Waals surface area contributed by atoms with E-state index in [1.807, 2.05) is 6.92 Å². The van der Waals surface area contributed by atoms with Gasteiger partial charge in [0.15, 0.2) is 11.5 Å². The maximum absolute atomic E-state index is 4.79. The summed E-state index contributed by atoms with van der Waals surface area (Å²) in [5, 5.41) is 6.79. The highest BCUT2D eigenvalue weighted by Gasteiger charge is 1.82. The van der Waals surface area contributed by atoms with Crippen molar-refractivity contribution < 1.29 is 4.74 Å². The van der Waals surface area contributed by atoms with Crippen LogP contribution >= 0.6 is 12.2 Å². The number of ether oxygens (including phenoxy) is 1. The van der Waals surface area contributed by atoms with E-state index in [0.29, 0.717) is 11.7 Å². The van der Waals surface area contributed by atoms with Crippen LogP contribution in [0.3, 0.4) is 0 Å². The van der Waals surface area contributed by atoms with Crippen LogP contribution in [0.25, 0.3) is 0 Å².